The van der Waals surface area contributed by atoms with Crippen LogP contribution in [0.15, 0.2) is 42.5 Å². The van der Waals surface area contributed by atoms with Crippen molar-refractivity contribution in [2.24, 2.45) is 0 Å². The van der Waals surface area contributed by atoms with E-state index in [0.29, 0.717) is 34.4 Å². The molecule has 0 aliphatic rings. The first-order valence-corrected chi connectivity index (χ1v) is 9.84. The second-order valence-electron chi connectivity index (χ2n) is 6.25. The van der Waals surface area contributed by atoms with E-state index >= 15 is 0 Å². The highest BCUT2D eigenvalue weighted by molar-refractivity contribution is 7.71. The molecule has 1 aromatic heterocycles. The lowest BCUT2D eigenvalue weighted by atomic mass is 10.2. The van der Waals surface area contributed by atoms with Crippen LogP contribution in [0.3, 0.4) is 0 Å². The molecule has 148 valence electrons. The lowest BCUT2D eigenvalue weighted by Gasteiger charge is -2.15. The van der Waals surface area contributed by atoms with E-state index in [2.05, 4.69) is 22.5 Å². The quantitative estimate of drug-likeness (QED) is 0.485. The Bertz CT molecular complexity index is 972. The van der Waals surface area contributed by atoms with Crippen molar-refractivity contribution in [3.63, 3.8) is 0 Å². The normalized spacial score (nSPS) is 10.7. The number of nitrogens with one attached hydrogen (secondary N) is 2. The molecule has 0 fully saturated rings. The van der Waals surface area contributed by atoms with Crippen molar-refractivity contribution in [1.29, 1.82) is 0 Å². The molecule has 0 saturated heterocycles. The van der Waals surface area contributed by atoms with E-state index in [1.165, 1.54) is 0 Å². The van der Waals surface area contributed by atoms with Gasteiger partial charge in [-0.05, 0) is 41.9 Å². The lowest BCUT2D eigenvalue weighted by molar-refractivity contribution is 0.284. The van der Waals surface area contributed by atoms with Gasteiger partial charge in [0.2, 0.25) is 4.77 Å². The van der Waals surface area contributed by atoms with Gasteiger partial charge in [-0.2, -0.15) is 5.10 Å². The van der Waals surface area contributed by atoms with Crippen molar-refractivity contribution in [3.05, 3.63) is 69.2 Å². The minimum Gasteiger partial charge on any atom is -0.493 e. The molecule has 0 saturated carbocycles. The number of nitrogens with zero attached hydrogens (tertiary/aromatic N) is 2. The highest BCUT2D eigenvalue weighted by atomic mass is 35.5. The smallest absolute Gasteiger partial charge is 0.214 e. The fraction of sp³-hybridized carbons (Fsp3) is 0.300. The molecule has 28 heavy (non-hydrogen) atoms. The maximum absolute atomic E-state index is 6.47. The Balaban J connectivity index is 1.74. The average molecular weight is 419 g/mol. The number of rotatable bonds is 9. The van der Waals surface area contributed by atoms with Crippen LogP contribution in [0.4, 0.5) is 0 Å². The van der Waals surface area contributed by atoms with E-state index in [1.807, 2.05) is 42.5 Å². The van der Waals surface area contributed by atoms with Crippen LogP contribution in [-0.2, 0) is 19.6 Å². The highest BCUT2D eigenvalue weighted by Gasteiger charge is 2.13. The number of halogens is 1. The molecule has 0 bridgehead atoms. The molecule has 3 rings (SSSR count). The van der Waals surface area contributed by atoms with Crippen LogP contribution >= 0.6 is 23.8 Å². The third kappa shape index (κ3) is 4.85. The van der Waals surface area contributed by atoms with Crippen molar-refractivity contribution in [2.75, 3.05) is 12.5 Å². The largest absolute Gasteiger partial charge is 0.493 e. The Morgan fingerprint density at radius 1 is 1.21 bits per heavy atom. The predicted octanol–water partition coefficient (Wildman–Crippen LogP) is 4.88. The van der Waals surface area contributed by atoms with Crippen LogP contribution in [0.2, 0.25) is 5.02 Å². The zero-order valence-corrected chi connectivity index (χ0v) is 17.4. The number of methoxy groups -OCH3 is 1. The standard InChI is InChI=1S/C20H23ClN4O2S/c1-3-7-18-23-24-20(28)25(18)22-12-15-10-16(21)19(17(11-15)26-2)27-13-14-8-5-4-6-9-14/h4-6,8-11,22H,3,7,12-13H2,1-2H3,(H,24,28). The maximum atomic E-state index is 6.47. The zero-order valence-electron chi connectivity index (χ0n) is 15.9. The molecule has 0 unspecified atom stereocenters. The molecular weight excluding hydrogens is 396 g/mol. The van der Waals surface area contributed by atoms with Crippen LogP contribution in [-0.4, -0.2) is 22.0 Å². The first-order valence-electron chi connectivity index (χ1n) is 9.05. The van der Waals surface area contributed by atoms with Crippen molar-refractivity contribution in [2.45, 2.75) is 32.9 Å². The molecule has 0 atom stereocenters. The summed E-state index contributed by atoms with van der Waals surface area (Å²) in [5.41, 5.74) is 5.29. The van der Waals surface area contributed by atoms with E-state index in [-0.39, 0.29) is 0 Å². The summed E-state index contributed by atoms with van der Waals surface area (Å²) in [4.78, 5) is 0. The minimum absolute atomic E-state index is 0.416. The van der Waals surface area contributed by atoms with Crippen molar-refractivity contribution >= 4 is 23.8 Å². The Hall–Kier alpha value is -2.51. The lowest BCUT2D eigenvalue weighted by Crippen LogP contribution is -2.17. The Kier molecular flexibility index (Phi) is 6.95. The summed E-state index contributed by atoms with van der Waals surface area (Å²) in [7, 11) is 1.60. The van der Waals surface area contributed by atoms with E-state index in [1.54, 1.807) is 11.8 Å². The molecule has 0 amide bonds. The molecule has 6 nitrogen and oxygen atoms in total. The molecule has 3 aromatic rings. The van der Waals surface area contributed by atoms with Crippen LogP contribution in [0.25, 0.3) is 0 Å². The van der Waals surface area contributed by atoms with Gasteiger partial charge in [-0.1, -0.05) is 48.9 Å². The molecule has 0 aliphatic heterocycles. The van der Waals surface area contributed by atoms with Gasteiger partial charge in [-0.3, -0.25) is 5.10 Å². The fourth-order valence-corrected chi connectivity index (χ4v) is 3.30. The highest BCUT2D eigenvalue weighted by Crippen LogP contribution is 2.37. The monoisotopic (exact) mass is 418 g/mol. The molecule has 2 N–H and O–H groups in total. The number of H-pyrrole nitrogens is 1. The second-order valence-corrected chi connectivity index (χ2v) is 7.04. The summed E-state index contributed by atoms with van der Waals surface area (Å²) in [6.45, 7) is 3.03. The van der Waals surface area contributed by atoms with Crippen molar-refractivity contribution < 1.29 is 9.47 Å². The second kappa shape index (κ2) is 9.61. The number of aromatic nitrogens is 3. The first kappa shape index (κ1) is 20.2. The SMILES string of the molecule is CCCc1n[nH]c(=S)n1NCc1cc(Cl)c(OCc2ccccc2)c(OC)c1. The van der Waals surface area contributed by atoms with Crippen molar-refractivity contribution in [1.82, 2.24) is 14.9 Å². The fourth-order valence-electron chi connectivity index (χ4n) is 2.80. The number of hydrogen-bond acceptors (Lipinski definition) is 5. The summed E-state index contributed by atoms with van der Waals surface area (Å²) < 4.78 is 13.7. The van der Waals surface area contributed by atoms with Gasteiger partial charge in [-0.25, -0.2) is 4.68 Å². The predicted molar refractivity (Wildman–Crippen MR) is 113 cm³/mol. The number of hydrogen-bond donors (Lipinski definition) is 2. The van der Waals surface area contributed by atoms with Gasteiger partial charge >= 0.3 is 0 Å². The van der Waals surface area contributed by atoms with E-state index in [4.69, 9.17) is 33.3 Å². The van der Waals surface area contributed by atoms with Gasteiger partial charge < -0.3 is 14.9 Å². The minimum atomic E-state index is 0.416. The number of benzene rings is 2. The van der Waals surface area contributed by atoms with Crippen LogP contribution in [0.5, 0.6) is 11.5 Å². The molecule has 0 aliphatic carbocycles. The topological polar surface area (TPSA) is 64.1 Å². The van der Waals surface area contributed by atoms with Gasteiger partial charge in [0.15, 0.2) is 17.3 Å². The first-order chi connectivity index (χ1) is 13.6. The number of aryl methyl sites for hydroxylation is 1. The van der Waals surface area contributed by atoms with Crippen LogP contribution in [0.1, 0.15) is 30.3 Å². The number of aromatic amines is 1. The molecule has 0 spiro atoms. The third-order valence-corrected chi connectivity index (χ3v) is 4.73. The maximum Gasteiger partial charge on any atom is 0.214 e. The van der Waals surface area contributed by atoms with Gasteiger partial charge in [-0.15, -0.1) is 0 Å². The van der Waals surface area contributed by atoms with Gasteiger partial charge in [0.05, 0.1) is 18.7 Å². The van der Waals surface area contributed by atoms with Gasteiger partial charge in [0.1, 0.15) is 6.61 Å². The van der Waals surface area contributed by atoms with Gasteiger partial charge in [0.25, 0.3) is 0 Å². The molecular formula is C20H23ClN4O2S. The van der Waals surface area contributed by atoms with Gasteiger partial charge in [0, 0.05) is 6.42 Å². The molecule has 0 radical (unpaired) electrons. The summed E-state index contributed by atoms with van der Waals surface area (Å²) in [5, 5.41) is 7.56. The summed E-state index contributed by atoms with van der Waals surface area (Å²) >= 11 is 11.8. The molecule has 1 heterocycles. The Labute approximate surface area is 174 Å². The summed E-state index contributed by atoms with van der Waals surface area (Å²) in [6, 6.07) is 13.7. The van der Waals surface area contributed by atoms with Crippen LogP contribution < -0.4 is 14.9 Å². The van der Waals surface area contributed by atoms with E-state index < -0.39 is 0 Å². The molecule has 2 aromatic carbocycles. The Morgan fingerprint density at radius 3 is 2.71 bits per heavy atom. The Morgan fingerprint density at radius 2 is 2.00 bits per heavy atom. The van der Waals surface area contributed by atoms with E-state index in [0.717, 1.165) is 29.8 Å². The average Bonchev–Trinajstić information content (AvgIpc) is 3.05. The zero-order chi connectivity index (χ0) is 19.9. The summed E-state index contributed by atoms with van der Waals surface area (Å²) in [5.74, 6) is 1.99. The van der Waals surface area contributed by atoms with Crippen LogP contribution in [0, 0.1) is 4.77 Å². The van der Waals surface area contributed by atoms with E-state index in [9.17, 15) is 0 Å². The summed E-state index contributed by atoms with van der Waals surface area (Å²) in [6.07, 6.45) is 1.81. The third-order valence-electron chi connectivity index (χ3n) is 4.17. The van der Waals surface area contributed by atoms with Crippen molar-refractivity contribution in [3.8, 4) is 11.5 Å². The molecule has 8 heteroatoms. The number of ether oxygens (including phenoxy) is 2.